The molecular weight excluding hydrogens is 485 g/mol. The minimum absolute atomic E-state index is 0.0487. The third-order valence-corrected chi connectivity index (χ3v) is 5.03. The lowest BCUT2D eigenvalue weighted by molar-refractivity contribution is -0.142. The Hall–Kier alpha value is -5.00. The maximum Gasteiger partial charge on any atom is 0.433 e. The monoisotopic (exact) mass is 504 g/mol. The molecule has 0 bridgehead atoms. The van der Waals surface area contributed by atoms with Crippen LogP contribution in [0.2, 0.25) is 0 Å². The molecule has 1 N–H and O–H groups in total. The molecule has 0 fully saturated rings. The molecule has 4 rings (SSSR count). The van der Waals surface area contributed by atoms with E-state index in [4.69, 9.17) is 0 Å². The Labute approximate surface area is 209 Å². The first-order valence-corrected chi connectivity index (χ1v) is 10.7. The highest BCUT2D eigenvalue weighted by molar-refractivity contribution is 6.04. The van der Waals surface area contributed by atoms with Gasteiger partial charge in [-0.15, -0.1) is 10.2 Å². The molecule has 0 aliphatic rings. The maximum atomic E-state index is 13.7. The first-order chi connectivity index (χ1) is 17.8. The standard InChI is InChI=1S/C25H19F3N8O/c1-16(5-3-10-29-2)19-14-21(25(26,27)28)36(35-19)23-8-7-22(33-34-23)32-24(37)17-9-12-31-20(13-17)18-6-4-11-30-15-18/h3-15H,2H2,1H3,(H,32,33,37)/b10-3-,16-5+. The van der Waals surface area contributed by atoms with Gasteiger partial charge in [-0.3, -0.25) is 19.8 Å². The van der Waals surface area contributed by atoms with Crippen molar-refractivity contribution >= 4 is 24.0 Å². The summed E-state index contributed by atoms with van der Waals surface area (Å²) in [5.41, 5.74) is 1.15. The fourth-order valence-corrected chi connectivity index (χ4v) is 3.22. The number of hydrogen-bond acceptors (Lipinski definition) is 7. The minimum atomic E-state index is -4.69. The molecule has 4 heterocycles. The van der Waals surface area contributed by atoms with Gasteiger partial charge in [0.05, 0.1) is 11.4 Å². The largest absolute Gasteiger partial charge is 0.433 e. The topological polar surface area (TPSA) is 111 Å². The number of carbonyl (C=O) groups is 1. The van der Waals surface area contributed by atoms with Gasteiger partial charge in [-0.1, -0.05) is 6.08 Å². The van der Waals surface area contributed by atoms with Gasteiger partial charge in [0.1, 0.15) is 0 Å². The number of amides is 1. The smallest absolute Gasteiger partial charge is 0.305 e. The van der Waals surface area contributed by atoms with Crippen molar-refractivity contribution in [1.29, 1.82) is 0 Å². The van der Waals surface area contributed by atoms with Crippen molar-refractivity contribution in [2.24, 2.45) is 4.99 Å². The van der Waals surface area contributed by atoms with Gasteiger partial charge in [0.15, 0.2) is 17.3 Å². The van der Waals surface area contributed by atoms with E-state index in [0.29, 0.717) is 21.5 Å². The van der Waals surface area contributed by atoms with Crippen LogP contribution in [0.3, 0.4) is 0 Å². The van der Waals surface area contributed by atoms with Gasteiger partial charge < -0.3 is 5.32 Å². The normalized spacial score (nSPS) is 12.1. The second-order valence-corrected chi connectivity index (χ2v) is 7.60. The first-order valence-electron chi connectivity index (χ1n) is 10.7. The molecule has 0 radical (unpaired) electrons. The number of halogens is 3. The van der Waals surface area contributed by atoms with E-state index in [9.17, 15) is 18.0 Å². The van der Waals surface area contributed by atoms with Gasteiger partial charge in [0.2, 0.25) is 0 Å². The molecule has 9 nitrogen and oxygen atoms in total. The van der Waals surface area contributed by atoms with E-state index in [1.165, 1.54) is 36.7 Å². The number of aromatic nitrogens is 6. The highest BCUT2D eigenvalue weighted by atomic mass is 19.4. The number of aliphatic imine (C=N–C) groups is 1. The van der Waals surface area contributed by atoms with Crippen LogP contribution in [0.5, 0.6) is 0 Å². The third kappa shape index (κ3) is 5.99. The molecule has 0 atom stereocenters. The van der Waals surface area contributed by atoms with E-state index in [1.807, 2.05) is 6.07 Å². The molecule has 0 aliphatic heterocycles. The lowest BCUT2D eigenvalue weighted by Gasteiger charge is -2.09. The van der Waals surface area contributed by atoms with Crippen LogP contribution in [0.25, 0.3) is 22.6 Å². The fraction of sp³-hybridized carbons (Fsp3) is 0.0800. The average Bonchev–Trinajstić information content (AvgIpc) is 3.36. The molecule has 0 unspecified atom stereocenters. The molecule has 1 amide bonds. The fourth-order valence-electron chi connectivity index (χ4n) is 3.22. The van der Waals surface area contributed by atoms with E-state index < -0.39 is 17.8 Å². The quantitative estimate of drug-likeness (QED) is 0.280. The molecule has 4 aromatic heterocycles. The van der Waals surface area contributed by atoms with Gasteiger partial charge in [-0.2, -0.15) is 18.3 Å². The summed E-state index contributed by atoms with van der Waals surface area (Å²) in [6.45, 7) is 4.91. The second-order valence-electron chi connectivity index (χ2n) is 7.60. The number of rotatable bonds is 7. The highest BCUT2D eigenvalue weighted by Gasteiger charge is 2.37. The summed E-state index contributed by atoms with van der Waals surface area (Å²) < 4.78 is 41.7. The summed E-state index contributed by atoms with van der Waals surface area (Å²) in [7, 11) is 0. The molecule has 186 valence electrons. The third-order valence-electron chi connectivity index (χ3n) is 5.03. The van der Waals surface area contributed by atoms with Crippen molar-refractivity contribution in [2.45, 2.75) is 13.1 Å². The summed E-state index contributed by atoms with van der Waals surface area (Å²) in [6.07, 6.45) is 4.54. The Morgan fingerprint density at radius 3 is 2.65 bits per heavy atom. The van der Waals surface area contributed by atoms with Crippen LogP contribution >= 0.6 is 0 Å². The lowest BCUT2D eigenvalue weighted by atomic mass is 10.1. The highest BCUT2D eigenvalue weighted by Crippen LogP contribution is 2.32. The first kappa shape index (κ1) is 25.1. The van der Waals surface area contributed by atoms with Crippen molar-refractivity contribution in [3.8, 4) is 17.1 Å². The number of hydrogen-bond donors (Lipinski definition) is 1. The summed E-state index contributed by atoms with van der Waals surface area (Å²) >= 11 is 0. The van der Waals surface area contributed by atoms with Crippen LogP contribution in [0, 0.1) is 0 Å². The molecule has 12 heteroatoms. The Balaban J connectivity index is 1.56. The van der Waals surface area contributed by atoms with Crippen molar-refractivity contribution < 1.29 is 18.0 Å². The van der Waals surface area contributed by atoms with E-state index in [2.05, 4.69) is 42.3 Å². The maximum absolute atomic E-state index is 13.7. The van der Waals surface area contributed by atoms with Crippen LogP contribution in [0.1, 0.15) is 28.7 Å². The average molecular weight is 504 g/mol. The van der Waals surface area contributed by atoms with Gasteiger partial charge >= 0.3 is 6.18 Å². The Kier molecular flexibility index (Phi) is 7.28. The van der Waals surface area contributed by atoms with E-state index in [1.54, 1.807) is 37.5 Å². The molecule has 0 aromatic carbocycles. The number of anilines is 1. The predicted molar refractivity (Wildman–Crippen MR) is 132 cm³/mol. The molecule has 0 spiro atoms. The van der Waals surface area contributed by atoms with Crippen molar-refractivity contribution in [3.05, 3.63) is 96.4 Å². The van der Waals surface area contributed by atoms with E-state index in [0.717, 1.165) is 11.6 Å². The second kappa shape index (κ2) is 10.7. The van der Waals surface area contributed by atoms with Crippen LogP contribution in [-0.4, -0.2) is 42.6 Å². The minimum Gasteiger partial charge on any atom is -0.305 e. The molecule has 0 saturated heterocycles. The molecule has 4 aromatic rings. The Morgan fingerprint density at radius 2 is 1.97 bits per heavy atom. The number of carbonyl (C=O) groups excluding carboxylic acids is 1. The van der Waals surface area contributed by atoms with Crippen molar-refractivity contribution in [2.75, 3.05) is 5.32 Å². The van der Waals surface area contributed by atoms with E-state index in [-0.39, 0.29) is 17.3 Å². The molecule has 37 heavy (non-hydrogen) atoms. The Morgan fingerprint density at radius 1 is 1.14 bits per heavy atom. The van der Waals surface area contributed by atoms with Crippen molar-refractivity contribution in [1.82, 2.24) is 29.9 Å². The van der Waals surface area contributed by atoms with E-state index >= 15 is 0 Å². The zero-order valence-electron chi connectivity index (χ0n) is 19.4. The predicted octanol–water partition coefficient (Wildman–Crippen LogP) is 5.01. The summed E-state index contributed by atoms with van der Waals surface area (Å²) in [4.78, 5) is 24.5. The SMILES string of the molecule is C=N/C=C\C=C(/C)c1cc(C(F)(F)F)n(-c2ccc(NC(=O)c3ccnc(-c4cccnc4)c3)nn2)n1. The number of alkyl halides is 3. The van der Waals surface area contributed by atoms with Crippen LogP contribution in [-0.2, 0) is 6.18 Å². The van der Waals surface area contributed by atoms with Gasteiger partial charge in [-0.05, 0) is 67.8 Å². The molecule has 0 aliphatic carbocycles. The summed E-state index contributed by atoms with van der Waals surface area (Å²) in [5, 5.41) is 14.3. The van der Waals surface area contributed by atoms with Gasteiger partial charge in [0, 0.05) is 35.9 Å². The number of pyridine rings is 2. The molecule has 0 saturated carbocycles. The van der Waals surface area contributed by atoms with Crippen LogP contribution < -0.4 is 5.32 Å². The summed E-state index contributed by atoms with van der Waals surface area (Å²) in [6, 6.07) is 10.2. The Bertz CT molecular complexity index is 1480. The van der Waals surface area contributed by atoms with Gasteiger partial charge in [-0.25, -0.2) is 4.68 Å². The van der Waals surface area contributed by atoms with Crippen molar-refractivity contribution in [3.63, 3.8) is 0 Å². The zero-order valence-corrected chi connectivity index (χ0v) is 19.4. The van der Waals surface area contributed by atoms with Crippen LogP contribution in [0.4, 0.5) is 19.0 Å². The lowest BCUT2D eigenvalue weighted by Crippen LogP contribution is -2.16. The van der Waals surface area contributed by atoms with Crippen LogP contribution in [0.15, 0.2) is 84.4 Å². The number of allylic oxidation sites excluding steroid dienone is 3. The van der Waals surface area contributed by atoms with Gasteiger partial charge in [0.25, 0.3) is 5.91 Å². The summed E-state index contributed by atoms with van der Waals surface area (Å²) in [5.74, 6) is -0.613. The number of nitrogens with one attached hydrogen (secondary N) is 1. The number of nitrogens with zero attached hydrogens (tertiary/aromatic N) is 7. The molecular formula is C25H19F3N8O. The zero-order chi connectivity index (χ0) is 26.4.